The lowest BCUT2D eigenvalue weighted by molar-refractivity contribution is -0.384. The van der Waals surface area contributed by atoms with Crippen LogP contribution in [0.1, 0.15) is 19.4 Å². The second-order valence-electron chi connectivity index (χ2n) is 9.68. The Kier molecular flexibility index (Phi) is 10.8. The molecule has 1 fully saturated rings. The average Bonchev–Trinajstić information content (AvgIpc) is 2.92. The van der Waals surface area contributed by atoms with Gasteiger partial charge in [0.25, 0.3) is 11.2 Å². The minimum absolute atomic E-state index is 0.112. The van der Waals surface area contributed by atoms with Crippen molar-refractivity contribution in [2.45, 2.75) is 38.7 Å². The molecule has 3 aromatic rings. The predicted molar refractivity (Wildman–Crippen MR) is 153 cm³/mol. The summed E-state index contributed by atoms with van der Waals surface area (Å²) in [5.41, 5.74) is 0.644. The molecule has 1 aromatic heterocycles. The molecule has 1 aliphatic heterocycles. The van der Waals surface area contributed by atoms with E-state index in [9.17, 15) is 37.3 Å². The van der Waals surface area contributed by atoms with Crippen LogP contribution in [0.5, 0.6) is 0 Å². The second kappa shape index (κ2) is 14.1. The summed E-state index contributed by atoms with van der Waals surface area (Å²) in [7, 11) is 0. The number of anilines is 3. The number of carboxylic acid groups (broad SMARTS) is 1. The van der Waals surface area contributed by atoms with Gasteiger partial charge in [-0.3, -0.25) is 14.9 Å². The molecule has 0 bridgehead atoms. The highest BCUT2D eigenvalue weighted by atomic mass is 35.5. The Labute approximate surface area is 251 Å². The van der Waals surface area contributed by atoms with Crippen molar-refractivity contribution in [3.63, 3.8) is 0 Å². The molecule has 236 valence electrons. The minimum atomic E-state index is -5.08. The van der Waals surface area contributed by atoms with Gasteiger partial charge in [-0.15, -0.1) is 0 Å². The second-order valence-corrected chi connectivity index (χ2v) is 10.1. The number of alkyl halides is 3. The van der Waals surface area contributed by atoms with Crippen LogP contribution in [0.25, 0.3) is 0 Å². The monoisotopic (exact) mass is 643 g/mol. The summed E-state index contributed by atoms with van der Waals surface area (Å²) in [6.45, 7) is 5.74. The number of benzene rings is 2. The van der Waals surface area contributed by atoms with Crippen molar-refractivity contribution in [1.82, 2.24) is 15.1 Å². The van der Waals surface area contributed by atoms with Gasteiger partial charge in [-0.1, -0.05) is 23.7 Å². The number of carbonyl (C=O) groups is 2. The van der Waals surface area contributed by atoms with E-state index in [-0.39, 0.29) is 29.3 Å². The Hall–Kier alpha value is -4.77. The number of hydrogen-bond acceptors (Lipinski definition) is 8. The lowest BCUT2D eigenvalue weighted by Gasteiger charge is -2.37. The van der Waals surface area contributed by atoms with Crippen LogP contribution in [-0.4, -0.2) is 63.2 Å². The quantitative estimate of drug-likeness (QED) is 0.172. The Morgan fingerprint density at radius 3 is 2.27 bits per heavy atom. The molecule has 2 atom stereocenters. The van der Waals surface area contributed by atoms with Crippen molar-refractivity contribution < 1.29 is 37.2 Å². The van der Waals surface area contributed by atoms with Crippen molar-refractivity contribution in [2.24, 2.45) is 0 Å². The lowest BCUT2D eigenvalue weighted by atomic mass is 10.1. The minimum Gasteiger partial charge on any atom is -0.475 e. The first kappa shape index (κ1) is 33.7. The van der Waals surface area contributed by atoms with E-state index in [1.54, 1.807) is 30.5 Å². The molecule has 2 amide bonds. The summed E-state index contributed by atoms with van der Waals surface area (Å²) in [6, 6.07) is 9.24. The predicted octanol–water partition coefficient (Wildman–Crippen LogP) is 4.46. The van der Waals surface area contributed by atoms with Crippen LogP contribution in [0.15, 0.2) is 53.5 Å². The third kappa shape index (κ3) is 9.11. The maximum atomic E-state index is 13.3. The number of rotatable bonds is 6. The maximum absolute atomic E-state index is 13.3. The van der Waals surface area contributed by atoms with Crippen LogP contribution in [0.4, 0.5) is 45.1 Å². The van der Waals surface area contributed by atoms with Crippen LogP contribution in [0, 0.1) is 15.9 Å². The van der Waals surface area contributed by atoms with Crippen LogP contribution >= 0.6 is 11.6 Å². The van der Waals surface area contributed by atoms with E-state index in [0.29, 0.717) is 24.5 Å². The molecule has 13 nitrogen and oxygen atoms in total. The molecule has 1 saturated heterocycles. The van der Waals surface area contributed by atoms with E-state index in [1.807, 2.05) is 0 Å². The fraction of sp³-hybridized carbons (Fsp3) is 0.308. The largest absolute Gasteiger partial charge is 0.490 e. The Morgan fingerprint density at radius 1 is 1.14 bits per heavy atom. The number of nitro groups is 1. The normalized spacial score (nSPS) is 16.4. The molecule has 0 aliphatic carbocycles. The van der Waals surface area contributed by atoms with Crippen molar-refractivity contribution in [1.29, 1.82) is 0 Å². The van der Waals surface area contributed by atoms with Gasteiger partial charge < -0.3 is 26.0 Å². The average molecular weight is 644 g/mol. The number of urea groups is 1. The van der Waals surface area contributed by atoms with Crippen molar-refractivity contribution in [3.05, 3.63) is 85.5 Å². The fourth-order valence-electron chi connectivity index (χ4n) is 4.23. The number of piperazine rings is 1. The molecular weight excluding hydrogens is 618 g/mol. The third-order valence-electron chi connectivity index (χ3n) is 6.06. The van der Waals surface area contributed by atoms with Crippen molar-refractivity contribution in [3.8, 4) is 0 Å². The van der Waals surface area contributed by atoms with Crippen molar-refractivity contribution in [2.75, 3.05) is 28.6 Å². The summed E-state index contributed by atoms with van der Waals surface area (Å²) < 4.78 is 46.3. The highest BCUT2D eigenvalue weighted by Crippen LogP contribution is 2.26. The first-order valence-corrected chi connectivity index (χ1v) is 13.1. The molecule has 2 unspecified atom stereocenters. The molecule has 2 aromatic carbocycles. The first-order valence-electron chi connectivity index (χ1n) is 12.7. The van der Waals surface area contributed by atoms with Crippen LogP contribution in [0.2, 0.25) is 5.02 Å². The van der Waals surface area contributed by atoms with E-state index in [1.165, 1.54) is 4.68 Å². The van der Waals surface area contributed by atoms with E-state index in [2.05, 4.69) is 39.8 Å². The SMILES string of the molecule is CC1CN(c2cnn(Cc3ccc(NC(=O)Nc4ccc(F)cc4[N+](=O)[O-])cc3)c(=O)c2Cl)CC(C)N1.O=C(O)C(F)(F)F. The number of aromatic nitrogens is 2. The number of nitrogens with zero attached hydrogens (tertiary/aromatic N) is 4. The number of halogens is 5. The molecule has 0 spiro atoms. The smallest absolute Gasteiger partial charge is 0.475 e. The van der Waals surface area contributed by atoms with Crippen LogP contribution in [-0.2, 0) is 11.3 Å². The lowest BCUT2D eigenvalue weighted by Crippen LogP contribution is -2.54. The molecular formula is C26H26ClF4N7O6. The molecule has 44 heavy (non-hydrogen) atoms. The topological polar surface area (TPSA) is 172 Å². The van der Waals surface area contributed by atoms with E-state index in [0.717, 1.165) is 23.8 Å². The standard InChI is InChI=1S/C24H25ClFN7O4.C2HF3O2/c1-14-11-31(12-15(2)28-14)21-10-27-32(23(34)22(21)25)13-16-3-6-18(7-4-16)29-24(35)30-19-8-5-17(26)9-20(19)33(36)37;3-2(4,5)1(6)7/h3-10,14-15,28H,11-13H2,1-2H3,(H2,29,30,35);(H,6,7). The number of carbonyl (C=O) groups excluding carboxylic acids is 1. The van der Waals surface area contributed by atoms with Gasteiger partial charge in [0.2, 0.25) is 0 Å². The van der Waals surface area contributed by atoms with Gasteiger partial charge in [-0.05, 0) is 43.7 Å². The fourth-order valence-corrected chi connectivity index (χ4v) is 4.49. The molecule has 0 radical (unpaired) electrons. The van der Waals surface area contributed by atoms with Gasteiger partial charge in [0.1, 0.15) is 16.5 Å². The molecule has 4 N–H and O–H groups in total. The Bertz CT molecular complexity index is 1580. The Balaban J connectivity index is 0.000000676. The zero-order valence-electron chi connectivity index (χ0n) is 23.1. The number of nitro benzene ring substituents is 1. The van der Waals surface area contributed by atoms with E-state index < -0.39 is 40.2 Å². The number of amides is 2. The summed E-state index contributed by atoms with van der Waals surface area (Å²) in [5, 5.41) is 31.0. The highest BCUT2D eigenvalue weighted by molar-refractivity contribution is 6.33. The zero-order valence-corrected chi connectivity index (χ0v) is 23.8. The maximum Gasteiger partial charge on any atom is 0.490 e. The summed E-state index contributed by atoms with van der Waals surface area (Å²) in [5.74, 6) is -3.54. The molecule has 1 aliphatic rings. The van der Waals surface area contributed by atoms with Gasteiger partial charge >= 0.3 is 18.2 Å². The van der Waals surface area contributed by atoms with Crippen LogP contribution in [0.3, 0.4) is 0 Å². The third-order valence-corrected chi connectivity index (χ3v) is 6.41. The molecule has 18 heteroatoms. The summed E-state index contributed by atoms with van der Waals surface area (Å²) in [6.07, 6.45) is -3.48. The van der Waals surface area contributed by atoms with Crippen LogP contribution < -0.4 is 26.4 Å². The van der Waals surface area contributed by atoms with Gasteiger partial charge in [0.15, 0.2) is 0 Å². The number of hydrogen-bond donors (Lipinski definition) is 4. The molecule has 4 rings (SSSR count). The summed E-state index contributed by atoms with van der Waals surface area (Å²) in [4.78, 5) is 46.4. The van der Waals surface area contributed by atoms with Crippen molar-refractivity contribution >= 4 is 46.4 Å². The Morgan fingerprint density at radius 2 is 1.73 bits per heavy atom. The number of carboxylic acids is 1. The zero-order chi connectivity index (χ0) is 32.8. The first-order chi connectivity index (χ1) is 20.5. The number of nitrogens with one attached hydrogen (secondary N) is 3. The van der Waals surface area contributed by atoms with Gasteiger partial charge in [0, 0.05) is 30.9 Å². The van der Waals surface area contributed by atoms with Gasteiger partial charge in [-0.25, -0.2) is 18.7 Å². The molecule has 0 saturated carbocycles. The summed E-state index contributed by atoms with van der Waals surface area (Å²) >= 11 is 6.43. The van der Waals surface area contributed by atoms with Gasteiger partial charge in [-0.2, -0.15) is 18.3 Å². The highest BCUT2D eigenvalue weighted by Gasteiger charge is 2.38. The van der Waals surface area contributed by atoms with E-state index >= 15 is 0 Å². The number of aliphatic carboxylic acids is 1. The van der Waals surface area contributed by atoms with Gasteiger partial charge in [0.05, 0.1) is 29.4 Å². The molecule has 2 heterocycles. The van der Waals surface area contributed by atoms with E-state index in [4.69, 9.17) is 21.5 Å².